The number of benzene rings is 3. The van der Waals surface area contributed by atoms with Crippen LogP contribution in [0, 0.1) is 0 Å². The van der Waals surface area contributed by atoms with E-state index in [2.05, 4.69) is 55.1 Å². The fourth-order valence-electron chi connectivity index (χ4n) is 4.08. The van der Waals surface area contributed by atoms with Crippen LogP contribution in [0.2, 0.25) is 0 Å². The summed E-state index contributed by atoms with van der Waals surface area (Å²) in [4.78, 5) is 13.1. The number of hydrogen-bond donors (Lipinski definition) is 2. The van der Waals surface area contributed by atoms with Crippen LogP contribution in [0.3, 0.4) is 0 Å². The monoisotopic (exact) mass is 576 g/mol. The predicted molar refractivity (Wildman–Crippen MR) is 149 cm³/mol. The second-order valence-corrected chi connectivity index (χ2v) is 9.81. The van der Waals surface area contributed by atoms with Crippen LogP contribution < -0.4 is 10.5 Å². The largest absolute Gasteiger partial charge is 0.497 e. The fraction of sp³-hybridized carbons (Fsp3) is 0.111. The molecule has 3 aromatic carbocycles. The first kappa shape index (κ1) is 22.6. The number of aromatic nitrogens is 1. The third kappa shape index (κ3) is 4.58. The summed E-state index contributed by atoms with van der Waals surface area (Å²) in [5.74, 6) is 0.836. The zero-order valence-corrected chi connectivity index (χ0v) is 21.7. The van der Waals surface area contributed by atoms with Gasteiger partial charge in [-0.15, -0.1) is 0 Å². The molecule has 5 nitrogen and oxygen atoms in total. The summed E-state index contributed by atoms with van der Waals surface area (Å²) in [5.41, 5.74) is 13.8. The number of nitrogens with one attached hydrogen (secondary N) is 1. The van der Waals surface area contributed by atoms with Gasteiger partial charge in [0.2, 0.25) is 0 Å². The van der Waals surface area contributed by atoms with E-state index in [9.17, 15) is 0 Å². The van der Waals surface area contributed by atoms with E-state index >= 15 is 0 Å². The summed E-state index contributed by atoms with van der Waals surface area (Å²) >= 11 is 7.07. The first-order valence-electron chi connectivity index (χ1n) is 10.8. The third-order valence-corrected chi connectivity index (χ3v) is 6.80. The highest BCUT2D eigenvalue weighted by Crippen LogP contribution is 2.30. The Morgan fingerprint density at radius 2 is 1.79 bits per heavy atom. The van der Waals surface area contributed by atoms with Gasteiger partial charge in [0.1, 0.15) is 5.75 Å². The molecule has 4 aromatic rings. The van der Waals surface area contributed by atoms with E-state index in [1.807, 2.05) is 48.5 Å². The zero-order valence-electron chi connectivity index (χ0n) is 18.5. The quantitative estimate of drug-likeness (QED) is 0.196. The third-order valence-electron chi connectivity index (χ3n) is 5.82. The van der Waals surface area contributed by atoms with Gasteiger partial charge in [0.05, 0.1) is 24.2 Å². The van der Waals surface area contributed by atoms with E-state index in [0.717, 1.165) is 61.4 Å². The number of nitrogens with zero attached hydrogens (tertiary/aromatic N) is 2. The van der Waals surface area contributed by atoms with Crippen LogP contribution in [0.5, 0.6) is 5.75 Å². The van der Waals surface area contributed by atoms with Crippen molar-refractivity contribution < 1.29 is 4.74 Å². The maximum absolute atomic E-state index is 6.11. The summed E-state index contributed by atoms with van der Waals surface area (Å²) in [6.07, 6.45) is 6.82. The van der Waals surface area contributed by atoms with E-state index in [-0.39, 0.29) is 0 Å². The van der Waals surface area contributed by atoms with Gasteiger partial charge >= 0.3 is 0 Å². The van der Waals surface area contributed by atoms with Crippen LogP contribution in [0.4, 0.5) is 11.4 Å². The van der Waals surface area contributed by atoms with E-state index in [1.165, 1.54) is 10.9 Å². The highest BCUT2D eigenvalue weighted by atomic mass is 79.9. The molecule has 0 unspecified atom stereocenters. The Kier molecular flexibility index (Phi) is 6.39. The smallest absolute Gasteiger partial charge is 0.120 e. The van der Waals surface area contributed by atoms with Gasteiger partial charge in [-0.3, -0.25) is 9.98 Å². The minimum absolute atomic E-state index is 0.681. The average Bonchev–Trinajstić information content (AvgIpc) is 3.22. The normalized spacial score (nSPS) is 13.6. The first-order chi connectivity index (χ1) is 16.5. The molecule has 3 N–H and O–H groups in total. The SMILES string of the molecule is COc1ccc2c3c([nH]c2c1)C(/C=C\c1cc(Br)ccc1N=Cc1cc(Br)ccc1N)=NCC3. The Morgan fingerprint density at radius 3 is 2.62 bits per heavy atom. The molecular weight excluding hydrogens is 556 g/mol. The molecule has 34 heavy (non-hydrogen) atoms. The van der Waals surface area contributed by atoms with E-state index in [1.54, 1.807) is 13.3 Å². The van der Waals surface area contributed by atoms with Crippen molar-refractivity contribution in [3.8, 4) is 5.75 Å². The molecule has 2 heterocycles. The van der Waals surface area contributed by atoms with Crippen LogP contribution in [0.15, 0.2) is 79.6 Å². The van der Waals surface area contributed by atoms with E-state index < -0.39 is 0 Å². The maximum Gasteiger partial charge on any atom is 0.120 e. The molecule has 0 spiro atoms. The highest BCUT2D eigenvalue weighted by Gasteiger charge is 2.18. The number of ether oxygens (including phenoxy) is 1. The van der Waals surface area contributed by atoms with Crippen molar-refractivity contribution in [1.82, 2.24) is 4.98 Å². The number of H-pyrrole nitrogens is 1. The standard InChI is InChI=1S/C27H22Br2N4O/c1-34-20-5-6-21-22-10-11-31-25(27(22)33-26(21)14-20)8-2-16-12-19(29)4-9-24(16)32-15-17-13-18(28)3-7-23(17)30/h2-9,12-15,33H,10-11,30H2,1H3/b8-2-,32-15?. The van der Waals surface area contributed by atoms with Crippen LogP contribution in [-0.2, 0) is 6.42 Å². The van der Waals surface area contributed by atoms with Crippen molar-refractivity contribution in [1.29, 1.82) is 0 Å². The summed E-state index contributed by atoms with van der Waals surface area (Å²) in [5, 5.41) is 1.22. The number of aliphatic imine (C=N–C) groups is 2. The Balaban J connectivity index is 1.48. The molecular formula is C27H22Br2N4O. The van der Waals surface area contributed by atoms with E-state index in [4.69, 9.17) is 20.5 Å². The topological polar surface area (TPSA) is 75.8 Å². The number of methoxy groups -OCH3 is 1. The molecule has 0 bridgehead atoms. The van der Waals surface area contributed by atoms with Crippen molar-refractivity contribution in [3.05, 3.63) is 92.0 Å². The van der Waals surface area contributed by atoms with Crippen LogP contribution in [0.25, 0.3) is 17.0 Å². The Bertz CT molecular complexity index is 1480. The van der Waals surface area contributed by atoms with Crippen molar-refractivity contribution in [2.45, 2.75) is 6.42 Å². The predicted octanol–water partition coefficient (Wildman–Crippen LogP) is 7.09. The minimum atomic E-state index is 0.681. The lowest BCUT2D eigenvalue weighted by molar-refractivity contribution is 0.415. The van der Waals surface area contributed by atoms with E-state index in [0.29, 0.717) is 5.69 Å². The molecule has 0 aliphatic carbocycles. The van der Waals surface area contributed by atoms with Gasteiger partial charge in [-0.05, 0) is 66.6 Å². The van der Waals surface area contributed by atoms with Gasteiger partial charge < -0.3 is 15.5 Å². The number of rotatable bonds is 5. The van der Waals surface area contributed by atoms with Gasteiger partial charge in [-0.1, -0.05) is 37.9 Å². The molecule has 170 valence electrons. The molecule has 1 aromatic heterocycles. The molecule has 7 heteroatoms. The van der Waals surface area contributed by atoms with Crippen molar-refractivity contribution in [2.24, 2.45) is 9.98 Å². The van der Waals surface area contributed by atoms with Gasteiger partial charge in [-0.25, -0.2) is 0 Å². The molecule has 5 rings (SSSR count). The molecule has 0 amide bonds. The van der Waals surface area contributed by atoms with Crippen molar-refractivity contribution in [3.63, 3.8) is 0 Å². The lowest BCUT2D eigenvalue weighted by atomic mass is 10.0. The second kappa shape index (κ2) is 9.60. The lowest BCUT2D eigenvalue weighted by Crippen LogP contribution is -2.09. The van der Waals surface area contributed by atoms with Crippen molar-refractivity contribution >= 4 is 72.1 Å². The Labute approximate surface area is 214 Å². The summed E-state index contributed by atoms with van der Waals surface area (Å²) < 4.78 is 7.33. The van der Waals surface area contributed by atoms with Gasteiger partial charge in [0.25, 0.3) is 0 Å². The Morgan fingerprint density at radius 1 is 1.00 bits per heavy atom. The number of fused-ring (bicyclic) bond motifs is 3. The minimum Gasteiger partial charge on any atom is -0.497 e. The zero-order chi connectivity index (χ0) is 23.7. The van der Waals surface area contributed by atoms with Gasteiger partial charge in [0.15, 0.2) is 0 Å². The molecule has 1 aliphatic rings. The van der Waals surface area contributed by atoms with Crippen LogP contribution in [-0.4, -0.2) is 30.6 Å². The number of halogens is 2. The molecule has 0 saturated carbocycles. The number of nitrogen functional groups attached to an aromatic ring is 1. The van der Waals surface area contributed by atoms with Gasteiger partial charge in [-0.2, -0.15) is 0 Å². The summed E-state index contributed by atoms with van der Waals surface area (Å²) in [6.45, 7) is 0.761. The average molecular weight is 578 g/mol. The molecule has 0 radical (unpaired) electrons. The van der Waals surface area contributed by atoms with Crippen LogP contribution >= 0.6 is 31.9 Å². The molecule has 1 aliphatic heterocycles. The number of anilines is 1. The molecule has 0 atom stereocenters. The van der Waals surface area contributed by atoms with Crippen LogP contribution in [0.1, 0.15) is 22.4 Å². The number of nitrogens with two attached hydrogens (primary N) is 1. The molecule has 0 saturated heterocycles. The van der Waals surface area contributed by atoms with Crippen molar-refractivity contribution in [2.75, 3.05) is 19.4 Å². The van der Waals surface area contributed by atoms with Gasteiger partial charge in [0, 0.05) is 55.5 Å². The lowest BCUT2D eigenvalue weighted by Gasteiger charge is -2.10. The second-order valence-electron chi connectivity index (χ2n) is 7.97. The number of hydrogen-bond acceptors (Lipinski definition) is 4. The summed E-state index contributed by atoms with van der Waals surface area (Å²) in [7, 11) is 1.68. The molecule has 0 fully saturated rings. The first-order valence-corrected chi connectivity index (χ1v) is 12.4. The fourth-order valence-corrected chi connectivity index (χ4v) is 4.84. The maximum atomic E-state index is 6.11. The number of aromatic amines is 1. The highest BCUT2D eigenvalue weighted by molar-refractivity contribution is 9.10. The summed E-state index contributed by atoms with van der Waals surface area (Å²) in [6, 6.07) is 17.9. The number of allylic oxidation sites excluding steroid dienone is 1. The Hall–Kier alpha value is -3.16.